The fraction of sp³-hybridized carbons (Fsp3) is 0.148. The number of phenols is 1. The Kier molecular flexibility index (Phi) is 20.4. The van der Waals surface area contributed by atoms with E-state index in [4.69, 9.17) is 32.7 Å². The van der Waals surface area contributed by atoms with E-state index in [1.165, 1.54) is 24.3 Å². The van der Waals surface area contributed by atoms with Gasteiger partial charge in [0.25, 0.3) is 26.1 Å². The molecule has 0 aromatic heterocycles. The Hall–Kier alpha value is -6.41. The zero-order chi connectivity index (χ0) is 54.9. The smallest absolute Gasteiger partial charge is 0.871 e. The molecule has 0 aliphatic carbocycles. The number of phenolic OH excluding ortho intramolecular Hbond substituents is 1. The summed E-state index contributed by atoms with van der Waals surface area (Å²) >= 11 is 12.1. The molecule has 8 rings (SSSR count). The number of amides is 1. The van der Waals surface area contributed by atoms with Gasteiger partial charge in [-0.1, -0.05) is 116 Å². The topological polar surface area (TPSA) is 284 Å². The summed E-state index contributed by atoms with van der Waals surface area (Å²) in [6.45, 7) is 7.77. The number of aromatic hydroxyl groups is 1. The Morgan fingerprint density at radius 3 is 1.58 bits per heavy atom. The van der Waals surface area contributed by atoms with E-state index in [-0.39, 0.29) is 127 Å². The van der Waals surface area contributed by atoms with Crippen molar-refractivity contribution >= 4 is 160 Å². The SMILES string of the molecule is CCOc1ccccc1N=C([O-])c1cc2ccccc2c(N=Nc2cc(Cl)cc(S(=O)(=O)O)c2CC)c1[O-].CCOc1ccccc1NC(=O)c1cc2ccccc2c(N=Nc2cc(Cl)cc(S(=O)(=O)O)c2CC)c1O.[Ba+2]. The van der Waals surface area contributed by atoms with E-state index in [1.54, 1.807) is 118 Å². The fourth-order valence-corrected chi connectivity index (χ4v) is 10.2. The van der Waals surface area contributed by atoms with Crippen molar-refractivity contribution in [3.8, 4) is 23.0 Å². The van der Waals surface area contributed by atoms with E-state index < -0.39 is 48.4 Å². The summed E-state index contributed by atoms with van der Waals surface area (Å²) < 4.78 is 77.9. The molecule has 1 amide bonds. The van der Waals surface area contributed by atoms with E-state index in [0.29, 0.717) is 51.9 Å². The molecule has 8 aromatic rings. The second-order valence-electron chi connectivity index (χ2n) is 16.2. The molecule has 0 atom stereocenters. The normalized spacial score (nSPS) is 11.9. The van der Waals surface area contributed by atoms with Crippen molar-refractivity contribution in [2.75, 3.05) is 18.5 Å². The van der Waals surface area contributed by atoms with Crippen molar-refractivity contribution in [2.24, 2.45) is 25.4 Å². The molecule has 77 heavy (non-hydrogen) atoms. The van der Waals surface area contributed by atoms with Crippen molar-refractivity contribution in [3.05, 3.63) is 166 Å². The first kappa shape index (κ1) is 59.8. The molecule has 0 radical (unpaired) electrons. The molecule has 0 unspecified atom stereocenters. The van der Waals surface area contributed by atoms with Crippen molar-refractivity contribution < 1.29 is 55.5 Å². The van der Waals surface area contributed by atoms with Gasteiger partial charge in [-0.3, -0.25) is 18.9 Å². The van der Waals surface area contributed by atoms with Crippen LogP contribution in [-0.4, -0.2) is 105 Å². The van der Waals surface area contributed by atoms with Gasteiger partial charge in [-0.2, -0.15) is 32.2 Å². The largest absolute Gasteiger partial charge is 2.00 e. The number of aliphatic imine (C=N–C) groups is 1. The van der Waals surface area contributed by atoms with Crippen LogP contribution in [0.3, 0.4) is 0 Å². The number of ether oxygens (including phenoxy) is 2. The maximum absolute atomic E-state index is 13.5. The Morgan fingerprint density at radius 1 is 0.597 bits per heavy atom. The van der Waals surface area contributed by atoms with Crippen molar-refractivity contribution in [1.29, 1.82) is 0 Å². The summed E-state index contributed by atoms with van der Waals surface area (Å²) in [4.78, 5) is 16.6. The number of benzene rings is 8. The number of hydrogen-bond donors (Lipinski definition) is 4. The average molecular weight is 1240 g/mol. The van der Waals surface area contributed by atoms with Gasteiger partial charge in [0.1, 0.15) is 32.7 Å². The van der Waals surface area contributed by atoms with Gasteiger partial charge in [0.2, 0.25) is 0 Å². The molecule has 0 heterocycles. The average Bonchev–Trinajstić information content (AvgIpc) is 3.38. The fourth-order valence-electron chi connectivity index (χ4n) is 7.95. The first-order chi connectivity index (χ1) is 36.3. The van der Waals surface area contributed by atoms with E-state index in [0.717, 1.165) is 12.1 Å². The minimum Gasteiger partial charge on any atom is -0.871 e. The molecule has 0 bridgehead atoms. The standard InChI is InChI=1S/2C27H24ClN3O6S.Ba/c2*1-3-18-22(14-17(28)15-24(18)38(34,35)36)30-31-25-19-10-6-5-9-16(19)13-20(26(25)32)27(33)29-21-11-7-8-12-23(21)37-4-2;/h2*5-15,32H,3-4H2,1-2H3,(H,29,33)(H,34,35,36);/q;;+2/p-2. The summed E-state index contributed by atoms with van der Waals surface area (Å²) in [6, 6.07) is 35.4. The summed E-state index contributed by atoms with van der Waals surface area (Å²) in [7, 11) is -9.16. The van der Waals surface area contributed by atoms with E-state index in [9.17, 15) is 46.1 Å². The number of fused-ring (bicyclic) bond motifs is 2. The molecule has 0 aliphatic rings. The molecule has 0 aliphatic heterocycles. The van der Waals surface area contributed by atoms with Gasteiger partial charge in [-0.15, -0.1) is 5.11 Å². The first-order valence-electron chi connectivity index (χ1n) is 23.2. The van der Waals surface area contributed by atoms with E-state index in [2.05, 4.69) is 30.8 Å². The van der Waals surface area contributed by atoms with E-state index in [1.807, 2.05) is 6.92 Å². The predicted octanol–water partition coefficient (Wildman–Crippen LogP) is 12.3. The number of azo groups is 2. The van der Waals surface area contributed by atoms with Crippen molar-refractivity contribution in [2.45, 2.75) is 50.3 Å². The molecule has 0 saturated heterocycles. The third kappa shape index (κ3) is 14.2. The van der Waals surface area contributed by atoms with Gasteiger partial charge in [-0.05, 0) is 110 Å². The number of nitrogens with zero attached hydrogens (tertiary/aromatic N) is 5. The third-order valence-corrected chi connectivity index (χ3v) is 13.6. The molecule has 0 spiro atoms. The second-order valence-corrected chi connectivity index (χ2v) is 19.9. The number of anilines is 1. The predicted molar refractivity (Wildman–Crippen MR) is 294 cm³/mol. The van der Waals surface area contributed by atoms with Crippen LogP contribution in [0.1, 0.15) is 54.7 Å². The molecular formula is C54H46BaCl2N6O12S2. The zero-order valence-electron chi connectivity index (χ0n) is 41.6. The number of carbonyl (C=O) groups excluding carboxylic acids is 1. The van der Waals surface area contributed by atoms with Gasteiger partial charge in [-0.25, -0.2) is 0 Å². The van der Waals surface area contributed by atoms with Crippen LogP contribution in [0, 0.1) is 0 Å². The quantitative estimate of drug-likeness (QED) is 0.0231. The van der Waals surface area contributed by atoms with Crippen LogP contribution in [0.5, 0.6) is 23.0 Å². The minimum absolute atomic E-state index is 0. The van der Waals surface area contributed by atoms with Gasteiger partial charge in [0.15, 0.2) is 5.75 Å². The zero-order valence-corrected chi connectivity index (χ0v) is 49.1. The number of hydrogen-bond acceptors (Lipinski definition) is 15. The van der Waals surface area contributed by atoms with Crippen molar-refractivity contribution in [1.82, 2.24) is 0 Å². The molecule has 0 saturated carbocycles. The van der Waals surface area contributed by atoms with Gasteiger partial charge < -0.3 is 30.1 Å². The van der Waals surface area contributed by atoms with Crippen LogP contribution in [-0.2, 0) is 33.1 Å². The molecule has 4 N–H and O–H groups in total. The Labute approximate surface area is 493 Å². The Bertz CT molecular complexity index is 3860. The molecule has 392 valence electrons. The van der Waals surface area contributed by atoms with Crippen LogP contribution >= 0.6 is 23.2 Å². The summed E-state index contributed by atoms with van der Waals surface area (Å²) in [5, 5.41) is 59.3. The molecular weight excluding hydrogens is 1200 g/mol. The van der Waals surface area contributed by atoms with Crippen molar-refractivity contribution in [3.63, 3.8) is 0 Å². The summed E-state index contributed by atoms with van der Waals surface area (Å²) in [5.41, 5.74) is 0.835. The monoisotopic (exact) mass is 1240 g/mol. The van der Waals surface area contributed by atoms with Crippen LogP contribution in [0.4, 0.5) is 34.1 Å². The number of carbonyl (C=O) groups is 1. The Morgan fingerprint density at radius 2 is 1.05 bits per heavy atom. The molecule has 18 nitrogen and oxygen atoms in total. The number of rotatable bonds is 16. The summed E-state index contributed by atoms with van der Waals surface area (Å²) in [5.74, 6) is -1.62. The number of para-hydroxylation sites is 4. The van der Waals surface area contributed by atoms with Gasteiger partial charge in [0.05, 0.1) is 41.5 Å². The second kappa shape index (κ2) is 26.3. The number of nitrogens with one attached hydrogen (secondary N) is 1. The van der Waals surface area contributed by atoms with Crippen LogP contribution in [0.15, 0.2) is 169 Å². The molecule has 23 heteroatoms. The minimum atomic E-state index is -4.59. The van der Waals surface area contributed by atoms with E-state index >= 15 is 0 Å². The maximum Gasteiger partial charge on any atom is 2.00 e. The van der Waals surface area contributed by atoms with Gasteiger partial charge >= 0.3 is 48.9 Å². The Balaban J connectivity index is 0.000000246. The van der Waals surface area contributed by atoms with Crippen LogP contribution in [0.2, 0.25) is 10.0 Å². The summed E-state index contributed by atoms with van der Waals surface area (Å²) in [6.07, 6.45) is 0.386. The number of halogens is 2. The van der Waals surface area contributed by atoms with Crippen LogP contribution in [0.25, 0.3) is 21.5 Å². The maximum atomic E-state index is 13.5. The molecule has 0 fully saturated rings. The molecule has 8 aromatic carbocycles. The van der Waals surface area contributed by atoms with Crippen LogP contribution < -0.4 is 25.0 Å². The van der Waals surface area contributed by atoms with Gasteiger partial charge in [0, 0.05) is 31.9 Å². The first-order valence-corrected chi connectivity index (χ1v) is 26.8. The third-order valence-electron chi connectivity index (χ3n) is 11.3.